The molecule has 0 radical (unpaired) electrons. The summed E-state index contributed by atoms with van der Waals surface area (Å²) in [6, 6.07) is 10.3. The average Bonchev–Trinajstić information content (AvgIpc) is 3.24. The summed E-state index contributed by atoms with van der Waals surface area (Å²) < 4.78 is 0. The number of carbonyl (C=O) groups excluding carboxylic acids is 1. The average molecular weight is 240 g/mol. The normalized spacial score (nSPS) is 21.9. The van der Waals surface area contributed by atoms with Gasteiger partial charge in [0.25, 0.3) is 0 Å². The van der Waals surface area contributed by atoms with Crippen LogP contribution in [-0.4, -0.2) is 5.78 Å². The minimum atomic E-state index is -0.155. The highest BCUT2D eigenvalue weighted by molar-refractivity contribution is 6.05. The van der Waals surface area contributed by atoms with Crippen LogP contribution < -0.4 is 0 Å². The molecule has 0 aromatic heterocycles. The second kappa shape index (κ2) is 4.72. The number of ketones is 1. The molecule has 94 valence electrons. The topological polar surface area (TPSA) is 17.1 Å². The lowest BCUT2D eigenvalue weighted by molar-refractivity contribution is -0.118. The Bertz CT molecular complexity index is 466. The lowest BCUT2D eigenvalue weighted by Crippen LogP contribution is -2.22. The zero-order valence-electron chi connectivity index (χ0n) is 10.8. The Morgan fingerprint density at radius 2 is 1.78 bits per heavy atom. The van der Waals surface area contributed by atoms with E-state index in [2.05, 4.69) is 18.2 Å². The van der Waals surface area contributed by atoms with Crippen LogP contribution >= 0.6 is 0 Å². The minimum Gasteiger partial charge on any atom is -0.294 e. The molecule has 2 aliphatic carbocycles. The quantitative estimate of drug-likeness (QED) is 0.774. The van der Waals surface area contributed by atoms with E-state index in [1.807, 2.05) is 18.2 Å². The molecule has 1 aromatic carbocycles. The Balaban J connectivity index is 1.86. The third kappa shape index (κ3) is 2.03. The molecule has 3 rings (SSSR count). The number of Topliss-reactive ketones (excluding diaryl/α,β-unsaturated/α-hetero) is 1. The maximum Gasteiger partial charge on any atom is 0.169 e. The van der Waals surface area contributed by atoms with E-state index in [1.54, 1.807) is 0 Å². The largest absolute Gasteiger partial charge is 0.294 e. The number of benzene rings is 1. The predicted octanol–water partition coefficient (Wildman–Crippen LogP) is 4.18. The van der Waals surface area contributed by atoms with Crippen molar-refractivity contribution in [2.24, 2.45) is 0 Å². The van der Waals surface area contributed by atoms with Crippen LogP contribution in [0.4, 0.5) is 0 Å². The second-order valence-corrected chi connectivity index (χ2v) is 5.61. The van der Waals surface area contributed by atoms with Gasteiger partial charge in [0.2, 0.25) is 0 Å². The first-order valence-electron chi connectivity index (χ1n) is 7.12. The van der Waals surface area contributed by atoms with Gasteiger partial charge in [-0.2, -0.15) is 0 Å². The van der Waals surface area contributed by atoms with Crippen LogP contribution in [0.15, 0.2) is 42.0 Å². The highest BCUT2D eigenvalue weighted by Crippen LogP contribution is 2.50. The maximum absolute atomic E-state index is 12.8. The molecule has 0 heterocycles. The van der Waals surface area contributed by atoms with Crippen molar-refractivity contribution in [3.8, 4) is 0 Å². The van der Waals surface area contributed by atoms with Gasteiger partial charge in [0.1, 0.15) is 0 Å². The van der Waals surface area contributed by atoms with Crippen LogP contribution in [0.1, 0.15) is 50.5 Å². The van der Waals surface area contributed by atoms with Crippen LogP contribution in [0.25, 0.3) is 0 Å². The molecule has 2 aliphatic rings. The van der Waals surface area contributed by atoms with E-state index in [0.717, 1.165) is 31.3 Å². The van der Waals surface area contributed by atoms with Gasteiger partial charge in [-0.3, -0.25) is 4.79 Å². The monoisotopic (exact) mass is 240 g/mol. The molecule has 0 spiro atoms. The molecule has 0 unspecified atom stereocenters. The molecule has 0 N–H and O–H groups in total. The fraction of sp³-hybridized carbons (Fsp3) is 0.471. The summed E-state index contributed by atoms with van der Waals surface area (Å²) in [6.07, 6.45) is 10.1. The van der Waals surface area contributed by atoms with Gasteiger partial charge in [0.15, 0.2) is 5.78 Å². The van der Waals surface area contributed by atoms with Crippen molar-refractivity contribution in [2.45, 2.75) is 50.4 Å². The van der Waals surface area contributed by atoms with Crippen molar-refractivity contribution in [3.05, 3.63) is 47.5 Å². The molecule has 1 nitrogen and oxygen atoms in total. The van der Waals surface area contributed by atoms with E-state index >= 15 is 0 Å². The zero-order chi connectivity index (χ0) is 12.4. The van der Waals surface area contributed by atoms with Gasteiger partial charge in [-0.1, -0.05) is 42.8 Å². The van der Waals surface area contributed by atoms with Crippen molar-refractivity contribution < 1.29 is 4.79 Å². The summed E-state index contributed by atoms with van der Waals surface area (Å²) in [5, 5.41) is 0. The Kier molecular flexibility index (Phi) is 3.07. The number of hydrogen-bond donors (Lipinski definition) is 0. The molecule has 1 fully saturated rings. The van der Waals surface area contributed by atoms with Crippen molar-refractivity contribution in [2.75, 3.05) is 0 Å². The third-order valence-electron chi connectivity index (χ3n) is 4.34. The fourth-order valence-electron chi connectivity index (χ4n) is 3.06. The molecular weight excluding hydrogens is 220 g/mol. The van der Waals surface area contributed by atoms with Crippen LogP contribution in [0.3, 0.4) is 0 Å². The Morgan fingerprint density at radius 3 is 2.50 bits per heavy atom. The molecule has 1 aromatic rings. The molecule has 1 heteroatoms. The summed E-state index contributed by atoms with van der Waals surface area (Å²) in [5.74, 6) is 0.413. The fourth-order valence-corrected chi connectivity index (χ4v) is 3.06. The Morgan fingerprint density at radius 1 is 1.00 bits per heavy atom. The smallest absolute Gasteiger partial charge is 0.169 e. The van der Waals surface area contributed by atoms with Gasteiger partial charge >= 0.3 is 0 Å². The first-order chi connectivity index (χ1) is 8.83. The number of allylic oxidation sites excluding steroid dienone is 2. The van der Waals surface area contributed by atoms with Crippen LogP contribution in [0.2, 0.25) is 0 Å². The van der Waals surface area contributed by atoms with Crippen LogP contribution in [0, 0.1) is 0 Å². The van der Waals surface area contributed by atoms with Gasteiger partial charge < -0.3 is 0 Å². The molecule has 1 saturated carbocycles. The summed E-state index contributed by atoms with van der Waals surface area (Å²) >= 11 is 0. The third-order valence-corrected chi connectivity index (χ3v) is 4.34. The highest BCUT2D eigenvalue weighted by atomic mass is 16.1. The SMILES string of the molecule is O=C(C1=CCCCCC1)C1(c2ccccc2)CC1. The summed E-state index contributed by atoms with van der Waals surface area (Å²) in [5.41, 5.74) is 2.17. The summed E-state index contributed by atoms with van der Waals surface area (Å²) in [4.78, 5) is 12.8. The first kappa shape index (κ1) is 11.7. The van der Waals surface area contributed by atoms with E-state index in [0.29, 0.717) is 5.78 Å². The first-order valence-corrected chi connectivity index (χ1v) is 7.12. The Labute approximate surface area is 109 Å². The lowest BCUT2D eigenvalue weighted by Gasteiger charge is -2.16. The van der Waals surface area contributed by atoms with Gasteiger partial charge in [0.05, 0.1) is 5.41 Å². The highest BCUT2D eigenvalue weighted by Gasteiger charge is 2.51. The molecule has 0 saturated heterocycles. The van der Waals surface area contributed by atoms with Crippen molar-refractivity contribution in [3.63, 3.8) is 0 Å². The lowest BCUT2D eigenvalue weighted by atomic mass is 9.86. The van der Waals surface area contributed by atoms with Crippen molar-refractivity contribution >= 4 is 5.78 Å². The molecule has 0 atom stereocenters. The summed E-state index contributed by atoms with van der Waals surface area (Å²) in [7, 11) is 0. The maximum atomic E-state index is 12.8. The Hall–Kier alpha value is -1.37. The number of rotatable bonds is 3. The van der Waals surface area contributed by atoms with E-state index in [-0.39, 0.29) is 5.41 Å². The van der Waals surface area contributed by atoms with Gasteiger partial charge in [0, 0.05) is 0 Å². The predicted molar refractivity (Wildman–Crippen MR) is 73.5 cm³/mol. The van der Waals surface area contributed by atoms with Gasteiger partial charge in [-0.15, -0.1) is 0 Å². The van der Waals surface area contributed by atoms with E-state index < -0.39 is 0 Å². The van der Waals surface area contributed by atoms with Crippen LogP contribution in [0.5, 0.6) is 0 Å². The molecule has 0 bridgehead atoms. The van der Waals surface area contributed by atoms with Gasteiger partial charge in [-0.25, -0.2) is 0 Å². The van der Waals surface area contributed by atoms with Crippen molar-refractivity contribution in [1.82, 2.24) is 0 Å². The zero-order valence-corrected chi connectivity index (χ0v) is 10.8. The van der Waals surface area contributed by atoms with Gasteiger partial charge in [-0.05, 0) is 49.7 Å². The molecule has 18 heavy (non-hydrogen) atoms. The number of carbonyl (C=O) groups is 1. The minimum absolute atomic E-state index is 0.155. The van der Waals surface area contributed by atoms with Crippen molar-refractivity contribution in [1.29, 1.82) is 0 Å². The van der Waals surface area contributed by atoms with E-state index in [1.165, 1.54) is 24.8 Å². The molecule has 0 amide bonds. The number of hydrogen-bond acceptors (Lipinski definition) is 1. The standard InChI is InChI=1S/C17H20O/c18-16(14-8-4-1-2-5-9-14)17(12-13-17)15-10-6-3-7-11-15/h3,6-8,10-11H,1-2,4-5,9,12-13H2. The van der Waals surface area contributed by atoms with E-state index in [4.69, 9.17) is 0 Å². The second-order valence-electron chi connectivity index (χ2n) is 5.61. The van der Waals surface area contributed by atoms with E-state index in [9.17, 15) is 4.79 Å². The molecular formula is C17H20O. The summed E-state index contributed by atoms with van der Waals surface area (Å²) in [6.45, 7) is 0. The van der Waals surface area contributed by atoms with Crippen LogP contribution in [-0.2, 0) is 10.2 Å². The molecule has 0 aliphatic heterocycles.